The van der Waals surface area contributed by atoms with Crippen LogP contribution in [0, 0.1) is 0 Å². The Hall–Kier alpha value is -1.86. The summed E-state index contributed by atoms with van der Waals surface area (Å²) < 4.78 is 28.0. The van der Waals surface area contributed by atoms with Crippen LogP contribution in [-0.2, 0) is 14.6 Å². The summed E-state index contributed by atoms with van der Waals surface area (Å²) >= 11 is 0. The molecule has 0 radical (unpaired) electrons. The van der Waals surface area contributed by atoms with Crippen LogP contribution in [0.25, 0.3) is 0 Å². The summed E-state index contributed by atoms with van der Waals surface area (Å²) in [7, 11) is -3.07. The zero-order valence-electron chi connectivity index (χ0n) is 12.4. The van der Waals surface area contributed by atoms with Gasteiger partial charge in [-0.3, -0.25) is 4.79 Å². The van der Waals surface area contributed by atoms with E-state index in [-0.39, 0.29) is 24.1 Å². The first-order valence-electron chi connectivity index (χ1n) is 7.16. The molecule has 2 rings (SSSR count). The van der Waals surface area contributed by atoms with Crippen molar-refractivity contribution < 1.29 is 17.9 Å². The van der Waals surface area contributed by atoms with E-state index >= 15 is 0 Å². The van der Waals surface area contributed by atoms with Gasteiger partial charge in [-0.15, -0.1) is 0 Å². The fourth-order valence-electron chi connectivity index (χ4n) is 2.14. The topological polar surface area (TPSA) is 84.5 Å². The van der Waals surface area contributed by atoms with Crippen LogP contribution < -0.4 is 15.4 Å². The molecule has 0 fully saturated rings. The Bertz CT molecular complexity index is 655. The van der Waals surface area contributed by atoms with Crippen LogP contribution in [0.5, 0.6) is 5.75 Å². The van der Waals surface area contributed by atoms with Gasteiger partial charge in [0.05, 0.1) is 18.0 Å². The molecule has 1 aromatic rings. The average molecular weight is 324 g/mol. The van der Waals surface area contributed by atoms with Crippen LogP contribution in [0.1, 0.15) is 13.3 Å². The molecule has 0 aromatic heterocycles. The lowest BCUT2D eigenvalue weighted by molar-refractivity contribution is -0.116. The predicted octanol–water partition coefficient (Wildman–Crippen LogP) is 1.31. The molecule has 120 valence electrons. The van der Waals surface area contributed by atoms with E-state index in [1.807, 2.05) is 19.1 Å². The van der Waals surface area contributed by atoms with Crippen LogP contribution in [0.15, 0.2) is 35.7 Å². The molecule has 22 heavy (non-hydrogen) atoms. The Morgan fingerprint density at radius 3 is 2.82 bits per heavy atom. The van der Waals surface area contributed by atoms with Crippen molar-refractivity contribution in [3.8, 4) is 5.75 Å². The smallest absolute Gasteiger partial charge is 0.225 e. The first-order chi connectivity index (χ1) is 10.5. The van der Waals surface area contributed by atoms with Gasteiger partial charge < -0.3 is 15.4 Å². The van der Waals surface area contributed by atoms with E-state index in [9.17, 15) is 13.2 Å². The molecule has 1 aliphatic heterocycles. The highest BCUT2D eigenvalue weighted by atomic mass is 32.2. The summed E-state index contributed by atoms with van der Waals surface area (Å²) in [5.41, 5.74) is 0.637. The van der Waals surface area contributed by atoms with Crippen molar-refractivity contribution in [1.82, 2.24) is 5.32 Å². The maximum Gasteiger partial charge on any atom is 0.225 e. The molecule has 0 saturated heterocycles. The second kappa shape index (κ2) is 7.42. The number of hydrogen-bond donors (Lipinski definition) is 2. The molecule has 1 heterocycles. The summed E-state index contributed by atoms with van der Waals surface area (Å²) in [5, 5.41) is 7.04. The minimum Gasteiger partial charge on any atom is -0.492 e. The van der Waals surface area contributed by atoms with Crippen molar-refractivity contribution in [2.24, 2.45) is 0 Å². The third-order valence-electron chi connectivity index (χ3n) is 3.15. The highest BCUT2D eigenvalue weighted by Crippen LogP contribution is 2.23. The molecular formula is C15H20N2O4S. The van der Waals surface area contributed by atoms with E-state index in [1.165, 1.54) is 5.41 Å². The number of hydrogen-bond acceptors (Lipinski definition) is 5. The van der Waals surface area contributed by atoms with E-state index in [2.05, 4.69) is 10.6 Å². The van der Waals surface area contributed by atoms with Gasteiger partial charge in [0.1, 0.15) is 5.75 Å². The number of para-hydroxylation sites is 2. The maximum absolute atomic E-state index is 11.9. The molecule has 2 N–H and O–H groups in total. The first-order valence-corrected chi connectivity index (χ1v) is 8.88. The lowest BCUT2D eigenvalue weighted by Gasteiger charge is -2.12. The van der Waals surface area contributed by atoms with Gasteiger partial charge >= 0.3 is 0 Å². The van der Waals surface area contributed by atoms with Crippen molar-refractivity contribution in [2.75, 3.05) is 24.2 Å². The van der Waals surface area contributed by atoms with Gasteiger partial charge in [0.25, 0.3) is 0 Å². The van der Waals surface area contributed by atoms with Crippen LogP contribution in [0.4, 0.5) is 5.69 Å². The quantitative estimate of drug-likeness (QED) is 0.790. The second-order valence-electron chi connectivity index (χ2n) is 4.95. The highest BCUT2D eigenvalue weighted by molar-refractivity contribution is 7.94. The Morgan fingerprint density at radius 2 is 2.14 bits per heavy atom. The van der Waals surface area contributed by atoms with Gasteiger partial charge in [0.15, 0.2) is 9.84 Å². The minimum atomic E-state index is -3.07. The third kappa shape index (κ3) is 4.85. The number of benzene rings is 1. The minimum absolute atomic E-state index is 0.0573. The Labute approximate surface area is 130 Å². The van der Waals surface area contributed by atoms with Crippen molar-refractivity contribution in [3.05, 3.63) is 35.7 Å². The molecular weight excluding hydrogens is 304 g/mol. The van der Waals surface area contributed by atoms with Crippen molar-refractivity contribution in [3.63, 3.8) is 0 Å². The average Bonchev–Trinajstić information content (AvgIpc) is 2.81. The lowest BCUT2D eigenvalue weighted by Crippen LogP contribution is -2.32. The molecule has 1 unspecified atom stereocenters. The molecule has 1 aromatic carbocycles. The molecule has 1 aliphatic rings. The molecule has 6 nitrogen and oxygen atoms in total. The molecule has 7 heteroatoms. The number of ether oxygens (including phenoxy) is 1. The number of nitrogens with one attached hydrogen (secondary N) is 2. The van der Waals surface area contributed by atoms with Crippen molar-refractivity contribution in [1.29, 1.82) is 0 Å². The number of carbonyl (C=O) groups excluding carboxylic acids is 1. The third-order valence-corrected chi connectivity index (χ3v) is 4.55. The van der Waals surface area contributed by atoms with Gasteiger partial charge in [-0.25, -0.2) is 8.42 Å². The van der Waals surface area contributed by atoms with Gasteiger partial charge in [-0.2, -0.15) is 0 Å². The van der Waals surface area contributed by atoms with E-state index < -0.39 is 9.84 Å². The van der Waals surface area contributed by atoms with E-state index in [1.54, 1.807) is 18.2 Å². The normalized spacial score (nSPS) is 19.0. The van der Waals surface area contributed by atoms with Crippen LogP contribution in [0.2, 0.25) is 0 Å². The van der Waals surface area contributed by atoms with E-state index in [4.69, 9.17) is 4.74 Å². The summed E-state index contributed by atoms with van der Waals surface area (Å²) in [4.78, 5) is 11.9. The summed E-state index contributed by atoms with van der Waals surface area (Å²) in [6, 6.07) is 7.03. The molecule has 0 bridgehead atoms. The van der Waals surface area contributed by atoms with Crippen molar-refractivity contribution in [2.45, 2.75) is 19.4 Å². The standard InChI is InChI=1S/C15H20N2O4S/c1-2-21-14-6-4-3-5-13(14)17-15(18)7-9-16-12-8-10-22(19,20)11-12/h3-6,8,10,12,16H,2,7,9,11H2,1H3,(H,17,18). The molecule has 0 aliphatic carbocycles. The molecule has 1 amide bonds. The lowest BCUT2D eigenvalue weighted by atomic mass is 10.2. The van der Waals surface area contributed by atoms with Crippen molar-refractivity contribution >= 4 is 21.4 Å². The first kappa shape index (κ1) is 16.5. The Morgan fingerprint density at radius 1 is 1.36 bits per heavy atom. The maximum atomic E-state index is 11.9. The molecule has 0 spiro atoms. The van der Waals surface area contributed by atoms with Crippen LogP contribution >= 0.6 is 0 Å². The predicted molar refractivity (Wildman–Crippen MR) is 85.6 cm³/mol. The van der Waals surface area contributed by atoms with Gasteiger partial charge in [0, 0.05) is 24.4 Å². The number of anilines is 1. The summed E-state index contributed by atoms with van der Waals surface area (Å²) in [6.07, 6.45) is 1.86. The van der Waals surface area contributed by atoms with E-state index in [0.717, 1.165) is 0 Å². The molecule has 0 saturated carbocycles. The van der Waals surface area contributed by atoms with E-state index in [0.29, 0.717) is 24.6 Å². The Balaban J connectivity index is 1.78. The largest absolute Gasteiger partial charge is 0.492 e. The van der Waals surface area contributed by atoms with Crippen LogP contribution in [0.3, 0.4) is 0 Å². The number of rotatable bonds is 7. The summed E-state index contributed by atoms with van der Waals surface area (Å²) in [6.45, 7) is 2.82. The highest BCUT2D eigenvalue weighted by Gasteiger charge is 2.21. The zero-order chi connectivity index (χ0) is 16.0. The fraction of sp³-hybridized carbons (Fsp3) is 0.400. The SMILES string of the molecule is CCOc1ccccc1NC(=O)CCNC1C=CS(=O)(=O)C1. The van der Waals surface area contributed by atoms with Gasteiger partial charge in [0.2, 0.25) is 5.91 Å². The zero-order valence-corrected chi connectivity index (χ0v) is 13.2. The summed E-state index contributed by atoms with van der Waals surface area (Å²) in [5.74, 6) is 0.544. The fourth-order valence-corrected chi connectivity index (χ4v) is 3.41. The number of sulfone groups is 1. The molecule has 1 atom stereocenters. The van der Waals surface area contributed by atoms with Gasteiger partial charge in [-0.1, -0.05) is 18.2 Å². The number of carbonyl (C=O) groups is 1. The van der Waals surface area contributed by atoms with Gasteiger partial charge in [-0.05, 0) is 19.1 Å². The number of amides is 1. The second-order valence-corrected chi connectivity index (χ2v) is 6.88. The Kier molecular flexibility index (Phi) is 5.57. The van der Waals surface area contributed by atoms with Crippen LogP contribution in [-0.4, -0.2) is 39.3 Å². The monoisotopic (exact) mass is 324 g/mol.